The third-order valence-electron chi connectivity index (χ3n) is 5.70. The van der Waals surface area contributed by atoms with Gasteiger partial charge in [0.2, 0.25) is 0 Å². The highest BCUT2D eigenvalue weighted by Gasteiger charge is 2.13. The van der Waals surface area contributed by atoms with E-state index in [4.69, 9.17) is 0 Å². The van der Waals surface area contributed by atoms with Crippen LogP contribution in [0.3, 0.4) is 0 Å². The third kappa shape index (κ3) is 3.73. The van der Waals surface area contributed by atoms with E-state index in [1.54, 1.807) is 22.9 Å². The van der Waals surface area contributed by atoms with Gasteiger partial charge < -0.3 is 0 Å². The second-order valence-electron chi connectivity index (χ2n) is 7.48. The summed E-state index contributed by atoms with van der Waals surface area (Å²) in [6.07, 6.45) is 8.98. The Kier molecular flexibility index (Phi) is 5.19. The van der Waals surface area contributed by atoms with Crippen molar-refractivity contribution in [1.29, 1.82) is 0 Å². The van der Waals surface area contributed by atoms with Crippen LogP contribution in [0.1, 0.15) is 24.0 Å². The fraction of sp³-hybridized carbons (Fsp3) is 0.148. The molecule has 1 aliphatic heterocycles. The summed E-state index contributed by atoms with van der Waals surface area (Å²) in [7, 11) is 0. The Morgan fingerprint density at radius 2 is 1.52 bits per heavy atom. The number of aliphatic imine (C=N–C) groups is 1. The van der Waals surface area contributed by atoms with Gasteiger partial charge in [-0.1, -0.05) is 72.4 Å². The number of fused-ring (bicyclic) bond motifs is 6. The van der Waals surface area contributed by atoms with E-state index in [0.717, 1.165) is 5.69 Å². The molecule has 142 valence electrons. The highest BCUT2D eigenvalue weighted by atomic mass is 32.2. The number of nitrogens with zero attached hydrogens (tertiary/aromatic N) is 1. The lowest BCUT2D eigenvalue weighted by atomic mass is 9.86. The van der Waals surface area contributed by atoms with Gasteiger partial charge in [0.15, 0.2) is 0 Å². The maximum atomic E-state index is 4.25. The minimum absolute atomic E-state index is 1.06. The van der Waals surface area contributed by atoms with E-state index in [-0.39, 0.29) is 0 Å². The quantitative estimate of drug-likeness (QED) is 0.277. The van der Waals surface area contributed by atoms with Gasteiger partial charge in [0.25, 0.3) is 0 Å². The summed E-state index contributed by atoms with van der Waals surface area (Å²) in [6, 6.07) is 26.1. The van der Waals surface area contributed by atoms with Crippen LogP contribution < -0.4 is 0 Å². The van der Waals surface area contributed by atoms with Gasteiger partial charge in [-0.3, -0.25) is 4.99 Å². The van der Waals surface area contributed by atoms with Gasteiger partial charge in [0.1, 0.15) is 0 Å². The lowest BCUT2D eigenvalue weighted by molar-refractivity contribution is 0.690. The van der Waals surface area contributed by atoms with E-state index >= 15 is 0 Å². The number of para-hydroxylation sites is 1. The minimum Gasteiger partial charge on any atom is -0.256 e. The van der Waals surface area contributed by atoms with Crippen molar-refractivity contribution < 1.29 is 0 Å². The highest BCUT2D eigenvalue weighted by molar-refractivity contribution is 8.02. The summed E-state index contributed by atoms with van der Waals surface area (Å²) in [5.74, 6) is 0. The average molecular weight is 394 g/mol. The monoisotopic (exact) mass is 393 g/mol. The number of aryl methyl sites for hydroxylation is 2. The van der Waals surface area contributed by atoms with E-state index in [0.29, 0.717) is 0 Å². The van der Waals surface area contributed by atoms with E-state index in [2.05, 4.69) is 59.6 Å². The second kappa shape index (κ2) is 8.26. The van der Waals surface area contributed by atoms with E-state index in [1.165, 1.54) is 52.1 Å². The van der Waals surface area contributed by atoms with Crippen molar-refractivity contribution in [2.24, 2.45) is 4.99 Å². The Bertz CT molecular complexity index is 1240. The maximum Gasteiger partial charge on any atom is 0.0768 e. The van der Waals surface area contributed by atoms with E-state index < -0.39 is 0 Å². The van der Waals surface area contributed by atoms with Crippen molar-refractivity contribution in [3.63, 3.8) is 0 Å². The van der Waals surface area contributed by atoms with Gasteiger partial charge in [-0.15, -0.1) is 0 Å². The average Bonchev–Trinajstić information content (AvgIpc) is 3.05. The third-order valence-corrected chi connectivity index (χ3v) is 6.59. The van der Waals surface area contributed by atoms with Crippen LogP contribution in [0, 0.1) is 0 Å². The molecule has 0 unspecified atom stereocenters. The topological polar surface area (TPSA) is 12.4 Å². The first-order chi connectivity index (χ1) is 14.4. The molecule has 0 saturated carbocycles. The molecule has 0 N–H and O–H groups in total. The summed E-state index contributed by atoms with van der Waals surface area (Å²) in [5, 5.41) is 7.68. The van der Waals surface area contributed by atoms with Crippen LogP contribution in [0.25, 0.3) is 21.5 Å². The maximum absolute atomic E-state index is 4.25. The minimum atomic E-state index is 1.06. The number of rotatable bonds is 0. The molecule has 0 aromatic heterocycles. The fourth-order valence-corrected chi connectivity index (χ4v) is 4.97. The van der Waals surface area contributed by atoms with Crippen LogP contribution in [-0.4, -0.2) is 6.21 Å². The standard InChI is InChI=1S/C18H16.C9H7NS/c1-3-7-15-13(5-1)9-11-18-16-8-4-2-6-14(16)10-12-17(15)18;1-2-5-9-8(4-1)10-6-3-7-11-9/h1,3,5,7,9-12H,2,4,6,8H2;1-7H. The molecule has 29 heavy (non-hydrogen) atoms. The molecule has 0 saturated heterocycles. The molecule has 1 nitrogen and oxygen atoms in total. The van der Waals surface area contributed by atoms with Crippen LogP contribution in [0.15, 0.2) is 94.2 Å². The molecular weight excluding hydrogens is 370 g/mol. The molecule has 2 aliphatic rings. The van der Waals surface area contributed by atoms with Gasteiger partial charge in [-0.05, 0) is 82.0 Å². The number of hydrogen-bond donors (Lipinski definition) is 0. The van der Waals surface area contributed by atoms with Crippen molar-refractivity contribution in [2.75, 3.05) is 0 Å². The summed E-state index contributed by atoms with van der Waals surface area (Å²) in [6.45, 7) is 0. The first kappa shape index (κ1) is 18.2. The molecule has 0 bridgehead atoms. The summed E-state index contributed by atoms with van der Waals surface area (Å²) in [4.78, 5) is 5.47. The van der Waals surface area contributed by atoms with Gasteiger partial charge in [-0.2, -0.15) is 0 Å². The lowest BCUT2D eigenvalue weighted by Crippen LogP contribution is -2.02. The molecule has 1 heterocycles. The zero-order valence-electron chi connectivity index (χ0n) is 16.3. The van der Waals surface area contributed by atoms with Crippen LogP contribution >= 0.6 is 11.8 Å². The largest absolute Gasteiger partial charge is 0.256 e. The lowest BCUT2D eigenvalue weighted by Gasteiger charge is -2.18. The SMILES string of the molecule is C1=CSc2ccccc2N=C1.c1ccc2c(c1)ccc1c3c(ccc12)CCCC3. The van der Waals surface area contributed by atoms with Crippen molar-refractivity contribution in [3.05, 3.63) is 95.4 Å². The summed E-state index contributed by atoms with van der Waals surface area (Å²) >= 11 is 1.70. The molecular formula is C27H23NS. The first-order valence-electron chi connectivity index (χ1n) is 10.3. The molecule has 0 atom stereocenters. The van der Waals surface area contributed by atoms with Crippen molar-refractivity contribution in [2.45, 2.75) is 30.6 Å². The van der Waals surface area contributed by atoms with Gasteiger partial charge in [0.05, 0.1) is 5.69 Å². The number of hydrogen-bond acceptors (Lipinski definition) is 2. The van der Waals surface area contributed by atoms with E-state index in [1.807, 2.05) is 35.9 Å². The summed E-state index contributed by atoms with van der Waals surface area (Å²) < 4.78 is 0. The van der Waals surface area contributed by atoms with Crippen LogP contribution in [0.4, 0.5) is 5.69 Å². The molecule has 0 spiro atoms. The van der Waals surface area contributed by atoms with Crippen LogP contribution in [0.5, 0.6) is 0 Å². The Morgan fingerprint density at radius 1 is 0.690 bits per heavy atom. The Hall–Kier alpha value is -2.84. The molecule has 0 amide bonds. The second-order valence-corrected chi connectivity index (χ2v) is 8.43. The van der Waals surface area contributed by atoms with Crippen molar-refractivity contribution in [3.8, 4) is 0 Å². The molecule has 6 rings (SSSR count). The van der Waals surface area contributed by atoms with Crippen molar-refractivity contribution >= 4 is 45.2 Å². The number of thioether (sulfide) groups is 1. The zero-order valence-corrected chi connectivity index (χ0v) is 17.2. The van der Waals surface area contributed by atoms with Gasteiger partial charge in [0, 0.05) is 11.1 Å². The number of benzene rings is 4. The molecule has 4 aromatic rings. The Labute approximate surface area is 176 Å². The predicted octanol–water partition coefficient (Wildman–Crippen LogP) is 7.88. The molecule has 0 fully saturated rings. The van der Waals surface area contributed by atoms with Gasteiger partial charge >= 0.3 is 0 Å². The smallest absolute Gasteiger partial charge is 0.0768 e. The predicted molar refractivity (Wildman–Crippen MR) is 128 cm³/mol. The normalized spacial score (nSPS) is 14.6. The molecule has 0 radical (unpaired) electrons. The molecule has 2 heteroatoms. The Morgan fingerprint density at radius 3 is 2.52 bits per heavy atom. The molecule has 4 aromatic carbocycles. The summed E-state index contributed by atoms with van der Waals surface area (Å²) in [5.41, 5.74) is 4.23. The van der Waals surface area contributed by atoms with Crippen molar-refractivity contribution in [1.82, 2.24) is 0 Å². The van der Waals surface area contributed by atoms with Gasteiger partial charge in [-0.25, -0.2) is 0 Å². The molecule has 1 aliphatic carbocycles. The van der Waals surface area contributed by atoms with Crippen LogP contribution in [-0.2, 0) is 12.8 Å². The number of allylic oxidation sites excluding steroid dienone is 1. The Balaban J connectivity index is 0.000000142. The van der Waals surface area contributed by atoms with Crippen LogP contribution in [0.2, 0.25) is 0 Å². The van der Waals surface area contributed by atoms with E-state index in [9.17, 15) is 0 Å². The fourth-order valence-electron chi connectivity index (χ4n) is 4.28. The highest BCUT2D eigenvalue weighted by Crippen LogP contribution is 2.33. The zero-order chi connectivity index (χ0) is 19.5. The first-order valence-corrected chi connectivity index (χ1v) is 11.2.